The van der Waals surface area contributed by atoms with Crippen molar-refractivity contribution in [1.29, 1.82) is 0 Å². The number of fused-ring (bicyclic) bond motifs is 1. The van der Waals surface area contributed by atoms with E-state index in [2.05, 4.69) is 5.32 Å². The monoisotopic (exact) mass is 248 g/mol. The molecule has 1 amide bonds. The van der Waals surface area contributed by atoms with Gasteiger partial charge in [-0.2, -0.15) is 0 Å². The number of likely N-dealkylation sites (N-methyl/N-ethyl adjacent to an activating group) is 1. The van der Waals surface area contributed by atoms with Crippen LogP contribution in [0.4, 0.5) is 0 Å². The van der Waals surface area contributed by atoms with Crippen molar-refractivity contribution in [2.75, 3.05) is 33.9 Å². The number of hydrogen-bond donors (Lipinski definition) is 1. The first kappa shape index (κ1) is 13.1. The maximum absolute atomic E-state index is 12.3. The van der Waals surface area contributed by atoms with Gasteiger partial charge in [0, 0.05) is 31.8 Å². The molecule has 1 heterocycles. The van der Waals surface area contributed by atoms with Gasteiger partial charge in [0.15, 0.2) is 0 Å². The number of carbonyl (C=O) groups is 1. The Labute approximate surface area is 108 Å². The fourth-order valence-electron chi connectivity index (χ4n) is 2.34. The van der Waals surface area contributed by atoms with E-state index in [-0.39, 0.29) is 11.9 Å². The van der Waals surface area contributed by atoms with Gasteiger partial charge in [0.25, 0.3) is 5.91 Å². The first-order chi connectivity index (χ1) is 8.76. The molecule has 1 aromatic carbocycles. The van der Waals surface area contributed by atoms with Gasteiger partial charge in [-0.15, -0.1) is 0 Å². The fourth-order valence-corrected chi connectivity index (χ4v) is 2.34. The van der Waals surface area contributed by atoms with Crippen molar-refractivity contribution < 1.29 is 9.53 Å². The van der Waals surface area contributed by atoms with Crippen LogP contribution in [0.15, 0.2) is 24.3 Å². The molecule has 0 saturated carbocycles. The summed E-state index contributed by atoms with van der Waals surface area (Å²) in [6, 6.07) is 8.04. The first-order valence-electron chi connectivity index (χ1n) is 6.29. The predicted molar refractivity (Wildman–Crippen MR) is 70.8 cm³/mol. The van der Waals surface area contributed by atoms with E-state index in [9.17, 15) is 4.79 Å². The number of nitrogens with one attached hydrogen (secondary N) is 1. The van der Waals surface area contributed by atoms with Crippen LogP contribution in [0.3, 0.4) is 0 Å². The number of nitrogens with zero attached hydrogens (tertiary/aromatic N) is 1. The summed E-state index contributed by atoms with van der Waals surface area (Å²) >= 11 is 0. The van der Waals surface area contributed by atoms with Gasteiger partial charge >= 0.3 is 0 Å². The van der Waals surface area contributed by atoms with Crippen LogP contribution in [-0.2, 0) is 11.2 Å². The Balaban J connectivity index is 2.07. The Morgan fingerprint density at radius 3 is 2.94 bits per heavy atom. The molecule has 4 heteroatoms. The molecule has 1 N–H and O–H groups in total. The Morgan fingerprint density at radius 2 is 2.22 bits per heavy atom. The summed E-state index contributed by atoms with van der Waals surface area (Å²) in [4.78, 5) is 14.2. The van der Waals surface area contributed by atoms with E-state index in [0.29, 0.717) is 13.2 Å². The highest BCUT2D eigenvalue weighted by atomic mass is 16.5. The van der Waals surface area contributed by atoms with Crippen LogP contribution in [0, 0.1) is 0 Å². The zero-order valence-corrected chi connectivity index (χ0v) is 11.0. The minimum atomic E-state index is 0.133. The molecule has 1 aliphatic heterocycles. The molecule has 2 rings (SSSR count). The molecule has 4 nitrogen and oxygen atoms in total. The van der Waals surface area contributed by atoms with Gasteiger partial charge in [-0.3, -0.25) is 4.79 Å². The van der Waals surface area contributed by atoms with Crippen molar-refractivity contribution in [2.24, 2.45) is 0 Å². The number of methoxy groups -OCH3 is 1. The van der Waals surface area contributed by atoms with Crippen molar-refractivity contribution in [3.8, 4) is 0 Å². The normalized spacial score (nSPS) is 16.6. The van der Waals surface area contributed by atoms with Crippen LogP contribution >= 0.6 is 0 Å². The molecule has 0 spiro atoms. The molecule has 0 fully saturated rings. The number of hydrogen-bond acceptors (Lipinski definition) is 3. The minimum absolute atomic E-state index is 0.133. The zero-order valence-electron chi connectivity index (χ0n) is 11.0. The van der Waals surface area contributed by atoms with Crippen molar-refractivity contribution in [2.45, 2.75) is 12.5 Å². The van der Waals surface area contributed by atoms with Crippen molar-refractivity contribution in [1.82, 2.24) is 10.2 Å². The van der Waals surface area contributed by atoms with Crippen molar-refractivity contribution in [3.63, 3.8) is 0 Å². The highest BCUT2D eigenvalue weighted by Gasteiger charge is 2.25. The van der Waals surface area contributed by atoms with E-state index in [1.165, 1.54) is 0 Å². The molecule has 0 radical (unpaired) electrons. The van der Waals surface area contributed by atoms with Crippen molar-refractivity contribution in [3.05, 3.63) is 35.4 Å². The van der Waals surface area contributed by atoms with Gasteiger partial charge in [-0.1, -0.05) is 18.2 Å². The molecule has 0 aliphatic carbocycles. The molecule has 1 aromatic rings. The van der Waals surface area contributed by atoms with E-state index >= 15 is 0 Å². The van der Waals surface area contributed by atoms with Gasteiger partial charge in [0.2, 0.25) is 0 Å². The standard InChI is InChI=1S/C14H20N2O2/c1-15-12(10-18-2)9-16-8-7-11-5-3-4-6-13(11)14(16)17/h3-6,12,15H,7-10H2,1-2H3. The Bertz CT molecular complexity index is 420. The summed E-state index contributed by atoms with van der Waals surface area (Å²) in [5.74, 6) is 0.133. The SMILES string of the molecule is CNC(COC)CN1CCc2ccccc2C1=O. The smallest absolute Gasteiger partial charge is 0.254 e. The van der Waals surface area contributed by atoms with Crippen LogP contribution < -0.4 is 5.32 Å². The predicted octanol–water partition coefficient (Wildman–Crippen LogP) is 0.919. The number of ether oxygens (including phenoxy) is 1. The quantitative estimate of drug-likeness (QED) is 0.842. The Kier molecular flexibility index (Phi) is 4.33. The topological polar surface area (TPSA) is 41.6 Å². The van der Waals surface area contributed by atoms with Crippen LogP contribution in [0.1, 0.15) is 15.9 Å². The van der Waals surface area contributed by atoms with Gasteiger partial charge in [-0.25, -0.2) is 0 Å². The lowest BCUT2D eigenvalue weighted by Crippen LogP contribution is -2.47. The molecule has 1 atom stereocenters. The summed E-state index contributed by atoms with van der Waals surface area (Å²) in [5.41, 5.74) is 2.00. The van der Waals surface area contributed by atoms with E-state index in [1.807, 2.05) is 36.2 Å². The van der Waals surface area contributed by atoms with Gasteiger partial charge < -0.3 is 15.0 Å². The number of carbonyl (C=O) groups excluding carboxylic acids is 1. The minimum Gasteiger partial charge on any atom is -0.383 e. The molecule has 0 aromatic heterocycles. The van der Waals surface area contributed by atoms with Crippen LogP contribution in [-0.4, -0.2) is 50.7 Å². The van der Waals surface area contributed by atoms with Crippen molar-refractivity contribution >= 4 is 5.91 Å². The van der Waals surface area contributed by atoms with E-state index < -0.39 is 0 Å². The van der Waals surface area contributed by atoms with Gasteiger partial charge in [0.1, 0.15) is 0 Å². The molecule has 18 heavy (non-hydrogen) atoms. The summed E-state index contributed by atoms with van der Waals surface area (Å²) in [7, 11) is 3.57. The highest BCUT2D eigenvalue weighted by molar-refractivity contribution is 5.96. The maximum Gasteiger partial charge on any atom is 0.254 e. The zero-order chi connectivity index (χ0) is 13.0. The number of benzene rings is 1. The maximum atomic E-state index is 12.3. The molecule has 1 aliphatic rings. The molecule has 0 bridgehead atoms. The summed E-state index contributed by atoms with van der Waals surface area (Å²) in [6.45, 7) is 2.09. The summed E-state index contributed by atoms with van der Waals surface area (Å²) in [5, 5.41) is 3.18. The van der Waals surface area contributed by atoms with Crippen LogP contribution in [0.5, 0.6) is 0 Å². The third-order valence-corrected chi connectivity index (χ3v) is 3.40. The average Bonchev–Trinajstić information content (AvgIpc) is 2.41. The molecule has 1 unspecified atom stereocenters. The molecule has 0 saturated heterocycles. The number of amides is 1. The molecule has 98 valence electrons. The fraction of sp³-hybridized carbons (Fsp3) is 0.500. The lowest BCUT2D eigenvalue weighted by atomic mass is 9.99. The summed E-state index contributed by atoms with van der Waals surface area (Å²) in [6.07, 6.45) is 0.936. The second-order valence-corrected chi connectivity index (χ2v) is 4.60. The van der Waals surface area contributed by atoms with E-state index in [1.54, 1.807) is 7.11 Å². The molecular formula is C14H20N2O2. The first-order valence-corrected chi connectivity index (χ1v) is 6.29. The van der Waals surface area contributed by atoms with Gasteiger partial charge in [-0.05, 0) is 25.1 Å². The lowest BCUT2D eigenvalue weighted by Gasteiger charge is -2.31. The third-order valence-electron chi connectivity index (χ3n) is 3.40. The Hall–Kier alpha value is -1.39. The van der Waals surface area contributed by atoms with Crippen LogP contribution in [0.25, 0.3) is 0 Å². The largest absolute Gasteiger partial charge is 0.383 e. The van der Waals surface area contributed by atoms with E-state index in [0.717, 1.165) is 24.1 Å². The lowest BCUT2D eigenvalue weighted by molar-refractivity contribution is 0.0690. The van der Waals surface area contributed by atoms with Crippen LogP contribution in [0.2, 0.25) is 0 Å². The van der Waals surface area contributed by atoms with E-state index in [4.69, 9.17) is 4.74 Å². The average molecular weight is 248 g/mol. The summed E-state index contributed by atoms with van der Waals surface area (Å²) < 4.78 is 5.14. The number of rotatable bonds is 5. The highest BCUT2D eigenvalue weighted by Crippen LogP contribution is 2.18. The third kappa shape index (κ3) is 2.71. The Morgan fingerprint density at radius 1 is 1.44 bits per heavy atom. The second kappa shape index (κ2) is 5.98. The molecular weight excluding hydrogens is 228 g/mol. The second-order valence-electron chi connectivity index (χ2n) is 4.60. The van der Waals surface area contributed by atoms with Gasteiger partial charge in [0.05, 0.1) is 6.61 Å².